The SMILES string of the molecule is CCOCC(O)Cn1nnc(C(=O)OC)c1CCOC. The van der Waals surface area contributed by atoms with Gasteiger partial charge in [-0.3, -0.25) is 0 Å². The van der Waals surface area contributed by atoms with Gasteiger partial charge in [-0.05, 0) is 6.92 Å². The molecule has 20 heavy (non-hydrogen) atoms. The lowest BCUT2D eigenvalue weighted by Gasteiger charge is -2.12. The molecule has 0 radical (unpaired) electrons. The molecule has 1 aromatic heterocycles. The van der Waals surface area contributed by atoms with Crippen molar-refractivity contribution in [3.8, 4) is 0 Å². The van der Waals surface area contributed by atoms with Crippen LogP contribution in [0.5, 0.6) is 0 Å². The van der Waals surface area contributed by atoms with E-state index in [9.17, 15) is 9.90 Å². The second-order valence-electron chi connectivity index (χ2n) is 4.11. The molecule has 0 fully saturated rings. The maximum atomic E-state index is 11.6. The fourth-order valence-corrected chi connectivity index (χ4v) is 1.69. The van der Waals surface area contributed by atoms with Gasteiger partial charge >= 0.3 is 5.97 Å². The molecule has 0 aliphatic rings. The number of aliphatic hydroxyl groups is 1. The standard InChI is InChI=1S/C12H21N3O5/c1-4-20-8-9(16)7-15-10(5-6-18-2)11(13-14-15)12(17)19-3/h9,16H,4-8H2,1-3H3. The summed E-state index contributed by atoms with van der Waals surface area (Å²) in [5, 5.41) is 17.5. The van der Waals surface area contributed by atoms with Crippen LogP contribution in [-0.2, 0) is 27.2 Å². The van der Waals surface area contributed by atoms with Crippen molar-refractivity contribution in [2.24, 2.45) is 0 Å². The van der Waals surface area contributed by atoms with Crippen LogP contribution in [0.25, 0.3) is 0 Å². The lowest BCUT2D eigenvalue weighted by molar-refractivity contribution is 0.0307. The van der Waals surface area contributed by atoms with E-state index in [-0.39, 0.29) is 18.8 Å². The Bertz CT molecular complexity index is 421. The van der Waals surface area contributed by atoms with E-state index in [1.54, 1.807) is 7.11 Å². The monoisotopic (exact) mass is 287 g/mol. The Balaban J connectivity index is 2.83. The molecule has 0 amide bonds. The quantitative estimate of drug-likeness (QED) is 0.620. The number of carbonyl (C=O) groups excluding carboxylic acids is 1. The highest BCUT2D eigenvalue weighted by Crippen LogP contribution is 2.09. The number of methoxy groups -OCH3 is 2. The van der Waals surface area contributed by atoms with Crippen LogP contribution in [0.2, 0.25) is 0 Å². The van der Waals surface area contributed by atoms with Crippen molar-refractivity contribution in [3.63, 3.8) is 0 Å². The van der Waals surface area contributed by atoms with Gasteiger partial charge in [-0.25, -0.2) is 9.48 Å². The van der Waals surface area contributed by atoms with Gasteiger partial charge in [0.2, 0.25) is 0 Å². The third-order valence-electron chi connectivity index (χ3n) is 2.66. The Hall–Kier alpha value is -1.51. The zero-order valence-corrected chi connectivity index (χ0v) is 12.0. The van der Waals surface area contributed by atoms with E-state index in [0.29, 0.717) is 25.3 Å². The average molecular weight is 287 g/mol. The first-order valence-corrected chi connectivity index (χ1v) is 6.39. The fraction of sp³-hybridized carbons (Fsp3) is 0.750. The maximum absolute atomic E-state index is 11.6. The van der Waals surface area contributed by atoms with Crippen molar-refractivity contribution in [1.29, 1.82) is 0 Å². The molecular formula is C12H21N3O5. The number of nitrogens with zero attached hydrogens (tertiary/aromatic N) is 3. The fourth-order valence-electron chi connectivity index (χ4n) is 1.69. The molecule has 1 rings (SSSR count). The van der Waals surface area contributed by atoms with E-state index >= 15 is 0 Å². The highest BCUT2D eigenvalue weighted by Gasteiger charge is 2.21. The van der Waals surface area contributed by atoms with E-state index in [0.717, 1.165) is 0 Å². The highest BCUT2D eigenvalue weighted by molar-refractivity contribution is 5.88. The first-order valence-electron chi connectivity index (χ1n) is 6.39. The number of aliphatic hydroxyl groups excluding tert-OH is 1. The predicted molar refractivity (Wildman–Crippen MR) is 69.4 cm³/mol. The van der Waals surface area contributed by atoms with E-state index in [2.05, 4.69) is 15.0 Å². The number of rotatable bonds is 9. The summed E-state index contributed by atoms with van der Waals surface area (Å²) < 4.78 is 16.3. The summed E-state index contributed by atoms with van der Waals surface area (Å²) in [7, 11) is 2.85. The summed E-state index contributed by atoms with van der Waals surface area (Å²) in [6.45, 7) is 3.19. The zero-order valence-electron chi connectivity index (χ0n) is 12.0. The second-order valence-corrected chi connectivity index (χ2v) is 4.11. The molecule has 0 aromatic carbocycles. The number of hydrogen-bond donors (Lipinski definition) is 1. The van der Waals surface area contributed by atoms with Gasteiger partial charge in [-0.2, -0.15) is 0 Å². The van der Waals surface area contributed by atoms with Crippen LogP contribution in [0.4, 0.5) is 0 Å². The van der Waals surface area contributed by atoms with Gasteiger partial charge in [0, 0.05) is 20.1 Å². The molecular weight excluding hydrogens is 266 g/mol. The zero-order chi connectivity index (χ0) is 15.0. The molecule has 8 heteroatoms. The van der Waals surface area contributed by atoms with Gasteiger partial charge in [-0.15, -0.1) is 5.10 Å². The van der Waals surface area contributed by atoms with Gasteiger partial charge in [-0.1, -0.05) is 5.21 Å². The van der Waals surface area contributed by atoms with Gasteiger partial charge in [0.1, 0.15) is 0 Å². The van der Waals surface area contributed by atoms with Gasteiger partial charge < -0.3 is 19.3 Å². The van der Waals surface area contributed by atoms with Crippen molar-refractivity contribution < 1.29 is 24.1 Å². The van der Waals surface area contributed by atoms with Gasteiger partial charge in [0.15, 0.2) is 5.69 Å². The Labute approximate surface area is 117 Å². The third kappa shape index (κ3) is 4.55. The molecule has 8 nitrogen and oxygen atoms in total. The molecule has 1 unspecified atom stereocenters. The molecule has 0 saturated carbocycles. The van der Waals surface area contributed by atoms with Crippen LogP contribution in [0, 0.1) is 0 Å². The van der Waals surface area contributed by atoms with Crippen LogP contribution in [0.3, 0.4) is 0 Å². The van der Waals surface area contributed by atoms with E-state index in [1.807, 2.05) is 6.92 Å². The summed E-state index contributed by atoms with van der Waals surface area (Å²) >= 11 is 0. The summed E-state index contributed by atoms with van der Waals surface area (Å²) in [5.74, 6) is -0.554. The number of carbonyl (C=O) groups is 1. The summed E-state index contributed by atoms with van der Waals surface area (Å²) in [6, 6.07) is 0. The average Bonchev–Trinajstić information content (AvgIpc) is 2.84. The van der Waals surface area contributed by atoms with E-state index in [1.165, 1.54) is 11.8 Å². The number of hydrogen-bond acceptors (Lipinski definition) is 7. The molecule has 0 spiro atoms. The summed E-state index contributed by atoms with van der Waals surface area (Å²) in [5.41, 5.74) is 0.724. The van der Waals surface area contributed by atoms with Crippen molar-refractivity contribution in [3.05, 3.63) is 11.4 Å². The minimum Gasteiger partial charge on any atom is -0.464 e. The predicted octanol–water partition coefficient (Wildman–Crippen LogP) is -0.349. The topological polar surface area (TPSA) is 95.7 Å². The van der Waals surface area contributed by atoms with Crippen LogP contribution < -0.4 is 0 Å². The largest absolute Gasteiger partial charge is 0.464 e. The van der Waals surface area contributed by atoms with Crippen LogP contribution in [-0.4, -0.2) is 66.2 Å². The molecule has 1 aromatic rings. The summed E-state index contributed by atoms with van der Waals surface area (Å²) in [4.78, 5) is 11.6. The minimum atomic E-state index is -0.719. The molecule has 0 aliphatic carbocycles. The second kappa shape index (κ2) is 8.62. The number of esters is 1. The van der Waals surface area contributed by atoms with Crippen molar-refractivity contribution in [2.45, 2.75) is 26.0 Å². The normalized spacial score (nSPS) is 12.4. The van der Waals surface area contributed by atoms with Crippen LogP contribution in [0.1, 0.15) is 23.1 Å². The first-order chi connectivity index (χ1) is 9.63. The molecule has 1 atom stereocenters. The highest BCUT2D eigenvalue weighted by atomic mass is 16.5. The Kier molecular flexibility index (Phi) is 7.13. The molecule has 0 saturated heterocycles. The molecule has 1 heterocycles. The Morgan fingerprint density at radius 1 is 1.45 bits per heavy atom. The third-order valence-corrected chi connectivity index (χ3v) is 2.66. The smallest absolute Gasteiger partial charge is 0.360 e. The van der Waals surface area contributed by atoms with Crippen LogP contribution >= 0.6 is 0 Å². The van der Waals surface area contributed by atoms with E-state index < -0.39 is 12.1 Å². The van der Waals surface area contributed by atoms with Gasteiger partial charge in [0.05, 0.1) is 38.7 Å². The van der Waals surface area contributed by atoms with Crippen molar-refractivity contribution >= 4 is 5.97 Å². The van der Waals surface area contributed by atoms with Gasteiger partial charge in [0.25, 0.3) is 0 Å². The lowest BCUT2D eigenvalue weighted by Crippen LogP contribution is -2.24. The first kappa shape index (κ1) is 16.5. The number of ether oxygens (including phenoxy) is 3. The van der Waals surface area contributed by atoms with Crippen LogP contribution in [0.15, 0.2) is 0 Å². The van der Waals surface area contributed by atoms with E-state index in [4.69, 9.17) is 9.47 Å². The summed E-state index contributed by atoms with van der Waals surface area (Å²) in [6.07, 6.45) is -0.265. The molecule has 0 bridgehead atoms. The Morgan fingerprint density at radius 2 is 2.20 bits per heavy atom. The van der Waals surface area contributed by atoms with Crippen molar-refractivity contribution in [1.82, 2.24) is 15.0 Å². The Morgan fingerprint density at radius 3 is 2.80 bits per heavy atom. The lowest BCUT2D eigenvalue weighted by atomic mass is 10.2. The molecule has 0 aliphatic heterocycles. The number of aromatic nitrogens is 3. The minimum absolute atomic E-state index is 0.146. The molecule has 114 valence electrons. The molecule has 1 N–H and O–H groups in total. The maximum Gasteiger partial charge on any atom is 0.360 e. The van der Waals surface area contributed by atoms with Crippen molar-refractivity contribution in [2.75, 3.05) is 34.0 Å².